The number of hydrogen-bond donors (Lipinski definition) is 2. The second-order valence-corrected chi connectivity index (χ2v) is 13.5. The van der Waals surface area contributed by atoms with Crippen molar-refractivity contribution in [3.63, 3.8) is 0 Å². The van der Waals surface area contributed by atoms with Crippen LogP contribution in [0.5, 0.6) is 11.5 Å². The third kappa shape index (κ3) is 5.67. The summed E-state index contributed by atoms with van der Waals surface area (Å²) in [7, 11) is -1.89. The van der Waals surface area contributed by atoms with Crippen molar-refractivity contribution in [2.75, 3.05) is 6.16 Å². The van der Waals surface area contributed by atoms with Gasteiger partial charge in [-0.05, 0) is 91.1 Å². The molecule has 0 spiro atoms. The maximum absolute atomic E-state index is 10.7. The zero-order valence-corrected chi connectivity index (χ0v) is 23.0. The first-order valence-electron chi connectivity index (χ1n) is 13.4. The fraction of sp³-hybridized carbons (Fsp3) is 0.111. The van der Waals surface area contributed by atoms with Crippen molar-refractivity contribution < 1.29 is 10.2 Å². The molecule has 39 heavy (non-hydrogen) atoms. The van der Waals surface area contributed by atoms with E-state index >= 15 is 0 Å². The first kappa shape index (κ1) is 26.5. The fourth-order valence-corrected chi connectivity index (χ4v) is 9.79. The second-order valence-electron chi connectivity index (χ2n) is 9.84. The van der Waals surface area contributed by atoms with Crippen LogP contribution in [0.3, 0.4) is 0 Å². The van der Waals surface area contributed by atoms with E-state index in [2.05, 4.69) is 97.6 Å². The topological polar surface area (TPSA) is 40.5 Å². The number of phenols is 2. The molecular weight excluding hydrogens is 495 g/mol. The zero-order valence-electron chi connectivity index (χ0n) is 22.1. The van der Waals surface area contributed by atoms with Gasteiger partial charge in [0.2, 0.25) is 0 Å². The molecule has 0 aromatic heterocycles. The van der Waals surface area contributed by atoms with E-state index in [0.717, 1.165) is 30.1 Å². The Morgan fingerprint density at radius 3 is 1.46 bits per heavy atom. The quantitative estimate of drug-likeness (QED) is 0.146. The Bertz CT molecular complexity index is 1430. The summed E-state index contributed by atoms with van der Waals surface area (Å²) >= 11 is 0. The van der Waals surface area contributed by atoms with Gasteiger partial charge in [-0.25, -0.2) is 0 Å². The summed E-state index contributed by atoms with van der Waals surface area (Å²) in [5.74, 6) is 0.335. The predicted octanol–water partition coefficient (Wildman–Crippen LogP) is 7.42. The van der Waals surface area contributed by atoms with Crippen molar-refractivity contribution in [3.05, 3.63) is 151 Å². The molecule has 5 aromatic carbocycles. The van der Waals surface area contributed by atoms with Gasteiger partial charge in [0.15, 0.2) is 0 Å². The van der Waals surface area contributed by atoms with E-state index in [-0.39, 0.29) is 11.5 Å². The molecule has 0 bridgehead atoms. The van der Waals surface area contributed by atoms with E-state index in [9.17, 15) is 10.2 Å². The molecule has 0 aliphatic heterocycles. The summed E-state index contributed by atoms with van der Waals surface area (Å²) in [6.07, 6.45) is 5.43. The van der Waals surface area contributed by atoms with Crippen LogP contribution >= 0.6 is 7.26 Å². The number of phenolic OH excluding ortho intramolecular Hbond substituents is 2. The lowest BCUT2D eigenvalue weighted by molar-refractivity contribution is 0.469. The Labute approximate surface area is 232 Å². The van der Waals surface area contributed by atoms with Gasteiger partial charge in [0, 0.05) is 11.1 Å². The van der Waals surface area contributed by atoms with Crippen LogP contribution in [0.15, 0.2) is 140 Å². The molecule has 194 valence electrons. The molecule has 0 unspecified atom stereocenters. The Hall–Kier alpha value is -4.13. The molecule has 0 radical (unpaired) electrons. The molecule has 0 aliphatic carbocycles. The minimum atomic E-state index is -1.89. The average molecular weight is 530 g/mol. The van der Waals surface area contributed by atoms with Gasteiger partial charge in [0.05, 0.1) is 6.16 Å². The van der Waals surface area contributed by atoms with E-state index in [4.69, 9.17) is 0 Å². The van der Waals surface area contributed by atoms with E-state index in [1.165, 1.54) is 15.9 Å². The summed E-state index contributed by atoms with van der Waals surface area (Å²) in [6, 6.07) is 44.1. The third-order valence-corrected chi connectivity index (χ3v) is 11.9. The molecule has 0 aliphatic rings. The van der Waals surface area contributed by atoms with Crippen molar-refractivity contribution >= 4 is 23.2 Å². The average Bonchev–Trinajstić information content (AvgIpc) is 2.99. The van der Waals surface area contributed by atoms with Crippen LogP contribution in [0.2, 0.25) is 0 Å². The standard InChI is InChI=1S/C36H33O2P/c1-2-13-28-21-23-35(37)33(26-28)34-27-29(22-24-36(34)38)14-12-25-39(30-15-6-3-7-16-30,31-17-8-4-9-18-31)32-19-10-5-11-20-32/h2-11,15-24,26-27H,1,12-14,25H2,(H-,37,38)/p+1. The van der Waals surface area contributed by atoms with Crippen LogP contribution in [0.1, 0.15) is 17.5 Å². The molecule has 0 saturated heterocycles. The molecule has 0 fully saturated rings. The van der Waals surface area contributed by atoms with Crippen LogP contribution in [0.25, 0.3) is 11.1 Å². The predicted molar refractivity (Wildman–Crippen MR) is 167 cm³/mol. The minimum absolute atomic E-state index is 0.164. The highest BCUT2D eigenvalue weighted by Gasteiger charge is 2.44. The minimum Gasteiger partial charge on any atom is -0.507 e. The third-order valence-electron chi connectivity index (χ3n) is 7.34. The molecule has 0 saturated carbocycles. The lowest BCUT2D eigenvalue weighted by atomic mass is 9.97. The highest BCUT2D eigenvalue weighted by Crippen LogP contribution is 2.56. The summed E-state index contributed by atoms with van der Waals surface area (Å²) in [5, 5.41) is 25.5. The van der Waals surface area contributed by atoms with Crippen molar-refractivity contribution in [2.45, 2.75) is 19.3 Å². The number of allylic oxidation sites excluding steroid dienone is 1. The Morgan fingerprint density at radius 2 is 1.00 bits per heavy atom. The first-order chi connectivity index (χ1) is 19.1. The van der Waals surface area contributed by atoms with Crippen LogP contribution in [-0.4, -0.2) is 16.4 Å². The molecule has 5 rings (SSSR count). The normalized spacial score (nSPS) is 11.3. The van der Waals surface area contributed by atoms with Crippen LogP contribution in [0, 0.1) is 0 Å². The SMILES string of the molecule is C=CCc1ccc(O)c(-c2cc(CCC[P+](c3ccccc3)(c3ccccc3)c3ccccc3)ccc2O)c1. The second kappa shape index (κ2) is 12.2. The van der Waals surface area contributed by atoms with Gasteiger partial charge in [0.1, 0.15) is 34.7 Å². The van der Waals surface area contributed by atoms with E-state index in [1.54, 1.807) is 12.1 Å². The van der Waals surface area contributed by atoms with Crippen LogP contribution in [-0.2, 0) is 12.8 Å². The highest BCUT2D eigenvalue weighted by atomic mass is 31.2. The van der Waals surface area contributed by atoms with Gasteiger partial charge in [-0.2, -0.15) is 0 Å². The van der Waals surface area contributed by atoms with Gasteiger partial charge < -0.3 is 10.2 Å². The van der Waals surface area contributed by atoms with Crippen molar-refractivity contribution in [1.82, 2.24) is 0 Å². The van der Waals surface area contributed by atoms with Crippen molar-refractivity contribution in [1.29, 1.82) is 0 Å². The van der Waals surface area contributed by atoms with Gasteiger partial charge in [-0.15, -0.1) is 6.58 Å². The Kier molecular flexibility index (Phi) is 8.25. The van der Waals surface area contributed by atoms with Crippen LogP contribution < -0.4 is 15.9 Å². The largest absolute Gasteiger partial charge is 0.507 e. The van der Waals surface area contributed by atoms with Gasteiger partial charge >= 0.3 is 0 Å². The number of hydrogen-bond acceptors (Lipinski definition) is 2. The highest BCUT2D eigenvalue weighted by molar-refractivity contribution is 7.95. The van der Waals surface area contributed by atoms with E-state index in [0.29, 0.717) is 17.5 Å². The van der Waals surface area contributed by atoms with Gasteiger partial charge in [-0.3, -0.25) is 0 Å². The maximum Gasteiger partial charge on any atom is 0.123 e. The molecule has 5 aromatic rings. The van der Waals surface area contributed by atoms with E-state index < -0.39 is 7.26 Å². The maximum atomic E-state index is 10.7. The molecule has 3 heteroatoms. The lowest BCUT2D eigenvalue weighted by Gasteiger charge is -2.27. The summed E-state index contributed by atoms with van der Waals surface area (Å²) in [5.41, 5.74) is 3.49. The van der Waals surface area contributed by atoms with Crippen molar-refractivity contribution in [2.24, 2.45) is 0 Å². The van der Waals surface area contributed by atoms with E-state index in [1.807, 2.05) is 30.3 Å². The zero-order chi connectivity index (χ0) is 27.1. The molecule has 2 N–H and O–H groups in total. The molecule has 2 nitrogen and oxygen atoms in total. The Balaban J connectivity index is 1.49. The van der Waals surface area contributed by atoms with Crippen molar-refractivity contribution in [3.8, 4) is 22.6 Å². The number of benzene rings is 5. The number of aryl methyl sites for hydroxylation is 1. The van der Waals surface area contributed by atoms with Gasteiger partial charge in [0.25, 0.3) is 0 Å². The number of aromatic hydroxyl groups is 2. The summed E-state index contributed by atoms with van der Waals surface area (Å²) in [4.78, 5) is 0. The number of rotatable bonds is 10. The lowest BCUT2D eigenvalue weighted by Crippen LogP contribution is -2.33. The van der Waals surface area contributed by atoms with Gasteiger partial charge in [-0.1, -0.05) is 72.8 Å². The fourth-order valence-electron chi connectivity index (χ4n) is 5.45. The molecular formula is C36H34O2P+. The Morgan fingerprint density at radius 1 is 0.564 bits per heavy atom. The molecule has 0 atom stereocenters. The van der Waals surface area contributed by atoms with Crippen LogP contribution in [0.4, 0.5) is 0 Å². The summed E-state index contributed by atoms with van der Waals surface area (Å²) in [6.45, 7) is 3.82. The smallest absolute Gasteiger partial charge is 0.123 e. The molecule has 0 heterocycles. The molecule has 0 amide bonds. The first-order valence-corrected chi connectivity index (χ1v) is 15.4. The monoisotopic (exact) mass is 529 g/mol. The summed E-state index contributed by atoms with van der Waals surface area (Å²) < 4.78 is 0.